The summed E-state index contributed by atoms with van der Waals surface area (Å²) in [4.78, 5) is 0. The molecule has 2 aliphatic rings. The second-order valence-corrected chi connectivity index (χ2v) is 25.7. The fourth-order valence-corrected chi connectivity index (χ4v) is 12.0. The Kier molecular flexibility index (Phi) is 21.2. The van der Waals surface area contributed by atoms with Gasteiger partial charge in [-0.3, -0.25) is 0 Å². The van der Waals surface area contributed by atoms with Crippen LogP contribution in [0.5, 0.6) is 92.0 Å². The van der Waals surface area contributed by atoms with Gasteiger partial charge in [0.05, 0.1) is 0 Å². The van der Waals surface area contributed by atoms with Crippen LogP contribution in [0.15, 0.2) is 267 Å². The lowest BCUT2D eigenvalue weighted by atomic mass is 9.76. The first-order chi connectivity index (χ1) is 46.5. The minimum Gasteiger partial charge on any atom is -0.508 e. The highest BCUT2D eigenvalue weighted by Crippen LogP contribution is 2.52. The molecule has 500 valence electrons. The van der Waals surface area contributed by atoms with Gasteiger partial charge in [0, 0.05) is 115 Å². The zero-order valence-electron chi connectivity index (χ0n) is 55.6. The maximum absolute atomic E-state index is 9.94. The van der Waals surface area contributed by atoms with Gasteiger partial charge >= 0.3 is 0 Å². The molecule has 14 rings (SSSR count). The van der Waals surface area contributed by atoms with E-state index < -0.39 is 10.8 Å². The van der Waals surface area contributed by atoms with Crippen LogP contribution >= 0.6 is 0 Å². The largest absolute Gasteiger partial charge is 0.508 e. The number of aromatic hydroxyl groups is 12. The third-order valence-corrected chi connectivity index (χ3v) is 17.4. The molecule has 0 saturated heterocycles. The molecule has 0 amide bonds. The molecule has 0 fully saturated rings. The van der Waals surface area contributed by atoms with Gasteiger partial charge in [-0.25, -0.2) is 0 Å². The monoisotopic (exact) mass is 1310 g/mol. The second kappa shape index (κ2) is 29.6. The number of hydrogen-bond donors (Lipinski definition) is 12. The lowest BCUT2D eigenvalue weighted by Gasteiger charge is -2.34. The average molecular weight is 1310 g/mol. The predicted octanol–water partition coefficient (Wildman–Crippen LogP) is 19.4. The fourth-order valence-electron chi connectivity index (χ4n) is 12.0. The third-order valence-electron chi connectivity index (χ3n) is 17.4. The van der Waals surface area contributed by atoms with Gasteiger partial charge in [-0.05, 0) is 70.8 Å². The minimum atomic E-state index is -0.671. The molecule has 0 unspecified atom stereocenters. The SMILES string of the molecule is CC(C)(c1ccc(O)cc1O)c1ccc(O)cc1O.CC(C)(c1ccc(O)cc1O)c1ccc(O)cc1O.CC1(C)c2ccc(O)cc2Oc2cc(O)ccc21.CC1(C)c2ccc(O)cc2Oc2cc(O)ccc21.c1ccc(-c2ccccc2)cc1.c1ccc(-c2ccccc2)cc1. The van der Waals surface area contributed by atoms with Crippen molar-refractivity contribution in [2.24, 2.45) is 0 Å². The van der Waals surface area contributed by atoms with Crippen LogP contribution in [0, 0.1) is 0 Å². The number of hydrogen-bond acceptors (Lipinski definition) is 14. The van der Waals surface area contributed by atoms with Crippen molar-refractivity contribution in [2.75, 3.05) is 0 Å². The zero-order valence-corrected chi connectivity index (χ0v) is 55.6. The van der Waals surface area contributed by atoms with Crippen molar-refractivity contribution in [1.29, 1.82) is 0 Å². The van der Waals surface area contributed by atoms with Crippen LogP contribution in [0.1, 0.15) is 99.9 Å². The molecular weight excluding hydrogens is 1230 g/mol. The van der Waals surface area contributed by atoms with Crippen LogP contribution in [0.2, 0.25) is 0 Å². The van der Waals surface area contributed by atoms with E-state index in [0.29, 0.717) is 45.3 Å². The van der Waals surface area contributed by atoms with Crippen molar-refractivity contribution in [2.45, 2.75) is 77.0 Å². The first-order valence-corrected chi connectivity index (χ1v) is 31.5. The molecule has 0 aliphatic carbocycles. The number of benzene rings is 12. The van der Waals surface area contributed by atoms with E-state index in [2.05, 4.69) is 125 Å². The van der Waals surface area contributed by atoms with Gasteiger partial charge in [0.25, 0.3) is 0 Å². The average Bonchev–Trinajstić information content (AvgIpc) is 0.792. The first-order valence-electron chi connectivity index (χ1n) is 31.5. The number of fused-ring (bicyclic) bond motifs is 4. The Balaban J connectivity index is 0.000000139. The van der Waals surface area contributed by atoms with Gasteiger partial charge in [-0.15, -0.1) is 0 Å². The minimum absolute atomic E-state index is 0.0213. The van der Waals surface area contributed by atoms with E-state index >= 15 is 0 Å². The summed E-state index contributed by atoms with van der Waals surface area (Å²) in [6.07, 6.45) is 0. The molecule has 0 saturated carbocycles. The van der Waals surface area contributed by atoms with Crippen LogP contribution in [-0.4, -0.2) is 61.3 Å². The van der Waals surface area contributed by atoms with Gasteiger partial charge < -0.3 is 70.8 Å². The molecule has 0 radical (unpaired) electrons. The lowest BCUT2D eigenvalue weighted by molar-refractivity contribution is 0.402. The Morgan fingerprint density at radius 1 is 0.224 bits per heavy atom. The number of ether oxygens (including phenoxy) is 2. The first kappa shape index (κ1) is 70.2. The molecule has 12 N–H and O–H groups in total. The van der Waals surface area contributed by atoms with Gasteiger partial charge in [0.1, 0.15) is 92.0 Å². The third kappa shape index (κ3) is 16.3. The number of phenolic OH excluding ortho intramolecular Hbond substituents is 12. The second-order valence-electron chi connectivity index (χ2n) is 25.7. The molecule has 0 aromatic heterocycles. The maximum Gasteiger partial charge on any atom is 0.135 e. The van der Waals surface area contributed by atoms with Gasteiger partial charge in [0.15, 0.2) is 0 Å². The van der Waals surface area contributed by atoms with E-state index in [9.17, 15) is 61.3 Å². The van der Waals surface area contributed by atoms with Crippen LogP contribution in [0.4, 0.5) is 0 Å². The van der Waals surface area contributed by atoms with Crippen LogP contribution in [0.25, 0.3) is 22.3 Å². The molecule has 2 aliphatic heterocycles. The maximum atomic E-state index is 9.94. The van der Waals surface area contributed by atoms with Gasteiger partial charge in [-0.1, -0.05) is 225 Å². The molecule has 0 atom stereocenters. The van der Waals surface area contributed by atoms with E-state index in [1.807, 2.05) is 76.2 Å². The van der Waals surface area contributed by atoms with Crippen molar-refractivity contribution in [3.8, 4) is 114 Å². The van der Waals surface area contributed by atoms with Crippen molar-refractivity contribution < 1.29 is 70.8 Å². The topological polar surface area (TPSA) is 261 Å². The summed E-state index contributed by atoms with van der Waals surface area (Å²) in [5.74, 6) is 2.98. The Hall–Kier alpha value is -12.2. The predicted molar refractivity (Wildman–Crippen MR) is 384 cm³/mol. The molecule has 14 nitrogen and oxygen atoms in total. The summed E-state index contributed by atoms with van der Waals surface area (Å²) in [6, 6.07) is 79.5. The molecule has 0 spiro atoms. The molecule has 0 bridgehead atoms. The summed E-state index contributed by atoms with van der Waals surface area (Å²) < 4.78 is 11.5. The van der Waals surface area contributed by atoms with E-state index in [1.165, 1.54) is 70.8 Å². The van der Waals surface area contributed by atoms with E-state index in [1.54, 1.807) is 72.8 Å². The molecule has 2 heterocycles. The summed E-state index contributed by atoms with van der Waals surface area (Å²) in [6.45, 7) is 15.7. The highest BCUT2D eigenvalue weighted by molar-refractivity contribution is 5.65. The highest BCUT2D eigenvalue weighted by Gasteiger charge is 2.36. The molecular formula is C84H80O14. The summed E-state index contributed by atoms with van der Waals surface area (Å²) >= 11 is 0. The Labute approximate surface area is 570 Å². The van der Waals surface area contributed by atoms with Crippen molar-refractivity contribution in [3.63, 3.8) is 0 Å². The zero-order chi connectivity index (χ0) is 70.7. The van der Waals surface area contributed by atoms with E-state index in [0.717, 1.165) is 22.3 Å². The van der Waals surface area contributed by atoms with E-state index in [-0.39, 0.29) is 79.8 Å². The summed E-state index contributed by atoms with van der Waals surface area (Å²) in [5, 5.41) is 115. The molecule has 98 heavy (non-hydrogen) atoms. The molecule has 12 aromatic rings. The Bertz CT molecular complexity index is 4110. The summed E-state index contributed by atoms with van der Waals surface area (Å²) in [7, 11) is 0. The molecule has 14 heteroatoms. The quantitative estimate of drug-likeness (QED) is 0.0739. The fraction of sp³-hybridized carbons (Fsp3) is 0.143. The number of rotatable bonds is 6. The number of phenols is 12. The summed E-state index contributed by atoms with van der Waals surface area (Å²) in [5.41, 5.74) is 9.73. The van der Waals surface area contributed by atoms with Crippen LogP contribution < -0.4 is 9.47 Å². The van der Waals surface area contributed by atoms with Crippen molar-refractivity contribution in [3.05, 3.63) is 311 Å². The highest BCUT2D eigenvalue weighted by atomic mass is 16.5. The van der Waals surface area contributed by atoms with E-state index in [4.69, 9.17) is 9.47 Å². The standard InChI is InChI=1S/2C15H16O4.2C15H14O3.2C12H10/c2*1-15(2,11-5-3-9(16)7-13(11)18)12-6-4-10(17)8-14(12)19;2*1-15(2)11-5-3-9(16)7-13(11)18-14-8-10(17)4-6-12(14)15;2*1-3-7-11(8-4-1)12-9-5-2-6-10-12/h2*3-8,16-19H,1-2H3;2*3-8,16-17H,1-2H3;2*1-10H. The normalized spacial score (nSPS) is 12.5. The lowest BCUT2D eigenvalue weighted by Crippen LogP contribution is -2.24. The van der Waals surface area contributed by atoms with Crippen molar-refractivity contribution >= 4 is 0 Å². The molecule has 12 aromatic carbocycles. The smallest absolute Gasteiger partial charge is 0.135 e. The Morgan fingerprint density at radius 3 is 0.582 bits per heavy atom. The Morgan fingerprint density at radius 2 is 0.398 bits per heavy atom. The van der Waals surface area contributed by atoms with Crippen molar-refractivity contribution in [1.82, 2.24) is 0 Å². The van der Waals surface area contributed by atoms with Crippen LogP contribution in [-0.2, 0) is 21.7 Å². The van der Waals surface area contributed by atoms with Gasteiger partial charge in [0.2, 0.25) is 0 Å². The van der Waals surface area contributed by atoms with Crippen LogP contribution in [0.3, 0.4) is 0 Å². The van der Waals surface area contributed by atoms with Gasteiger partial charge in [-0.2, -0.15) is 0 Å².